The summed E-state index contributed by atoms with van der Waals surface area (Å²) in [6, 6.07) is 3.62. The molecule has 1 atom stereocenters. The van der Waals surface area contributed by atoms with Crippen molar-refractivity contribution in [3.63, 3.8) is 0 Å². The normalized spacial score (nSPS) is 26.0. The molecule has 0 radical (unpaired) electrons. The van der Waals surface area contributed by atoms with Gasteiger partial charge in [0.1, 0.15) is 18.1 Å². The second-order valence-corrected chi connectivity index (χ2v) is 6.99. The first-order valence-electron chi connectivity index (χ1n) is 7.60. The Kier molecular flexibility index (Phi) is 3.52. The van der Waals surface area contributed by atoms with Gasteiger partial charge >= 0.3 is 0 Å². The van der Waals surface area contributed by atoms with E-state index in [2.05, 4.69) is 9.97 Å². The van der Waals surface area contributed by atoms with Crippen LogP contribution in [-0.4, -0.2) is 39.6 Å². The van der Waals surface area contributed by atoms with E-state index in [1.54, 1.807) is 23.2 Å². The van der Waals surface area contributed by atoms with Gasteiger partial charge in [0.2, 0.25) is 0 Å². The Hall–Kier alpha value is -2.55. The van der Waals surface area contributed by atoms with Crippen LogP contribution in [0.3, 0.4) is 0 Å². The van der Waals surface area contributed by atoms with Gasteiger partial charge in [0, 0.05) is 30.1 Å². The molecule has 1 amide bonds. The van der Waals surface area contributed by atoms with Gasteiger partial charge in [0.15, 0.2) is 5.78 Å². The largest absolute Gasteiger partial charge is 0.336 e. The van der Waals surface area contributed by atoms with Crippen LogP contribution in [0.25, 0.3) is 0 Å². The fourth-order valence-electron chi connectivity index (χ4n) is 3.74. The molecule has 1 aliphatic heterocycles. The highest BCUT2D eigenvalue weighted by Gasteiger charge is 2.48. The zero-order chi connectivity index (χ0) is 16.7. The molecule has 1 aromatic heterocycles. The summed E-state index contributed by atoms with van der Waals surface area (Å²) < 4.78 is 0. The Labute approximate surface area is 134 Å². The van der Waals surface area contributed by atoms with Crippen molar-refractivity contribution in [3.8, 4) is 6.07 Å². The average Bonchev–Trinajstić information content (AvgIpc) is 2.94. The van der Waals surface area contributed by atoms with E-state index >= 15 is 0 Å². The SMILES string of the molecule is CC1(C)CC2(C=C(C#N)C1=O)CCN(C(=O)c1ccncn1)C2. The molecule has 0 aromatic carbocycles. The van der Waals surface area contributed by atoms with Crippen molar-refractivity contribution < 1.29 is 9.59 Å². The summed E-state index contributed by atoms with van der Waals surface area (Å²) >= 11 is 0. The number of aromatic nitrogens is 2. The number of amides is 1. The van der Waals surface area contributed by atoms with E-state index in [1.807, 2.05) is 19.9 Å². The smallest absolute Gasteiger partial charge is 0.272 e. The molecule has 1 aliphatic carbocycles. The van der Waals surface area contributed by atoms with Gasteiger partial charge in [0.05, 0.1) is 5.57 Å². The summed E-state index contributed by atoms with van der Waals surface area (Å²) in [5.41, 5.74) is -0.288. The quantitative estimate of drug-likeness (QED) is 0.788. The second-order valence-electron chi connectivity index (χ2n) is 6.99. The molecule has 1 saturated heterocycles. The molecule has 118 valence electrons. The molecule has 0 N–H and O–H groups in total. The fraction of sp³-hybridized carbons (Fsp3) is 0.471. The lowest BCUT2D eigenvalue weighted by molar-refractivity contribution is -0.125. The molecular weight excluding hydrogens is 292 g/mol. The van der Waals surface area contributed by atoms with Gasteiger partial charge in [-0.3, -0.25) is 9.59 Å². The molecule has 3 rings (SSSR count). The zero-order valence-electron chi connectivity index (χ0n) is 13.2. The second kappa shape index (κ2) is 5.27. The first-order chi connectivity index (χ1) is 10.9. The number of Topliss-reactive ketones (excluding diaryl/α,β-unsaturated/α-hetero) is 1. The van der Waals surface area contributed by atoms with Crippen molar-refractivity contribution in [3.05, 3.63) is 35.9 Å². The maximum Gasteiger partial charge on any atom is 0.272 e. The predicted molar refractivity (Wildman–Crippen MR) is 82.1 cm³/mol. The molecule has 6 heteroatoms. The molecule has 1 spiro atoms. The summed E-state index contributed by atoms with van der Waals surface area (Å²) in [6.45, 7) is 4.85. The van der Waals surface area contributed by atoms with E-state index in [0.29, 0.717) is 25.2 Å². The lowest BCUT2D eigenvalue weighted by Gasteiger charge is -2.38. The molecule has 0 bridgehead atoms. The molecule has 0 saturated carbocycles. The van der Waals surface area contributed by atoms with Crippen molar-refractivity contribution in [2.24, 2.45) is 10.8 Å². The van der Waals surface area contributed by atoms with Gasteiger partial charge in [-0.1, -0.05) is 19.9 Å². The van der Waals surface area contributed by atoms with Crippen LogP contribution in [-0.2, 0) is 4.79 Å². The van der Waals surface area contributed by atoms with Gasteiger partial charge in [-0.2, -0.15) is 5.26 Å². The van der Waals surface area contributed by atoms with Crippen molar-refractivity contribution in [1.29, 1.82) is 5.26 Å². The molecule has 2 heterocycles. The summed E-state index contributed by atoms with van der Waals surface area (Å²) in [5, 5.41) is 9.25. The third kappa shape index (κ3) is 2.63. The Morgan fingerprint density at radius 3 is 2.87 bits per heavy atom. The fourth-order valence-corrected chi connectivity index (χ4v) is 3.74. The van der Waals surface area contributed by atoms with E-state index in [9.17, 15) is 14.9 Å². The number of carbonyl (C=O) groups is 2. The van der Waals surface area contributed by atoms with Crippen LogP contribution in [0.1, 0.15) is 37.2 Å². The summed E-state index contributed by atoms with van der Waals surface area (Å²) in [7, 11) is 0. The number of ketones is 1. The Balaban J connectivity index is 1.87. The summed E-state index contributed by atoms with van der Waals surface area (Å²) in [4.78, 5) is 34.4. The highest BCUT2D eigenvalue weighted by atomic mass is 16.2. The van der Waals surface area contributed by atoms with Crippen LogP contribution < -0.4 is 0 Å². The van der Waals surface area contributed by atoms with Gasteiger partial charge in [-0.25, -0.2) is 9.97 Å². The molecule has 6 nitrogen and oxygen atoms in total. The topological polar surface area (TPSA) is 87.0 Å². The van der Waals surface area contributed by atoms with E-state index in [4.69, 9.17) is 0 Å². The predicted octanol–water partition coefficient (Wildman–Crippen LogP) is 1.76. The highest BCUT2D eigenvalue weighted by molar-refractivity contribution is 6.03. The molecular formula is C17H18N4O2. The van der Waals surface area contributed by atoms with E-state index in [0.717, 1.165) is 6.42 Å². The first-order valence-corrected chi connectivity index (χ1v) is 7.60. The van der Waals surface area contributed by atoms with Crippen LogP contribution in [0.4, 0.5) is 0 Å². The monoisotopic (exact) mass is 310 g/mol. The number of nitriles is 1. The van der Waals surface area contributed by atoms with Crippen molar-refractivity contribution >= 4 is 11.7 Å². The lowest BCUT2D eigenvalue weighted by atomic mass is 9.64. The first kappa shape index (κ1) is 15.3. The number of nitrogens with zero attached hydrogens (tertiary/aromatic N) is 4. The molecule has 1 aromatic rings. The molecule has 1 unspecified atom stereocenters. The third-order valence-corrected chi connectivity index (χ3v) is 4.70. The number of allylic oxidation sites excluding steroid dienone is 1. The lowest BCUT2D eigenvalue weighted by Crippen LogP contribution is -2.40. The van der Waals surface area contributed by atoms with Crippen molar-refractivity contribution in [2.45, 2.75) is 26.7 Å². The van der Waals surface area contributed by atoms with E-state index in [-0.39, 0.29) is 22.7 Å². The number of hydrogen-bond acceptors (Lipinski definition) is 5. The Morgan fingerprint density at radius 1 is 1.43 bits per heavy atom. The standard InChI is InChI=1S/C17H18N4O2/c1-16(2)9-17(7-12(8-18)14(16)22)4-6-21(10-17)15(23)13-3-5-19-11-20-13/h3,5,7,11H,4,6,9-10H2,1-2H3. The maximum atomic E-state index is 12.5. The van der Waals surface area contributed by atoms with Gasteiger partial charge in [-0.15, -0.1) is 0 Å². The zero-order valence-corrected chi connectivity index (χ0v) is 13.2. The number of carbonyl (C=O) groups excluding carboxylic acids is 2. The molecule has 23 heavy (non-hydrogen) atoms. The minimum absolute atomic E-state index is 0.105. The highest BCUT2D eigenvalue weighted by Crippen LogP contribution is 2.48. The van der Waals surface area contributed by atoms with Gasteiger partial charge in [-0.05, 0) is 18.9 Å². The third-order valence-electron chi connectivity index (χ3n) is 4.70. The number of likely N-dealkylation sites (tertiary alicyclic amines) is 1. The van der Waals surface area contributed by atoms with Crippen LogP contribution in [0, 0.1) is 22.2 Å². The maximum absolute atomic E-state index is 12.5. The Morgan fingerprint density at radius 2 is 2.22 bits per heavy atom. The number of hydrogen-bond donors (Lipinski definition) is 0. The van der Waals surface area contributed by atoms with Crippen LogP contribution in [0.15, 0.2) is 30.2 Å². The summed E-state index contributed by atoms with van der Waals surface area (Å²) in [5.74, 6) is -0.239. The van der Waals surface area contributed by atoms with Gasteiger partial charge < -0.3 is 4.90 Å². The van der Waals surface area contributed by atoms with Crippen molar-refractivity contribution in [1.82, 2.24) is 14.9 Å². The van der Waals surface area contributed by atoms with Crippen LogP contribution in [0.5, 0.6) is 0 Å². The number of rotatable bonds is 1. The Bertz CT molecular complexity index is 733. The molecule has 1 fully saturated rings. The van der Waals surface area contributed by atoms with Crippen LogP contribution >= 0.6 is 0 Å². The average molecular weight is 310 g/mol. The minimum atomic E-state index is -0.576. The molecule has 2 aliphatic rings. The van der Waals surface area contributed by atoms with E-state index < -0.39 is 5.41 Å². The van der Waals surface area contributed by atoms with E-state index in [1.165, 1.54) is 6.33 Å². The van der Waals surface area contributed by atoms with Crippen molar-refractivity contribution in [2.75, 3.05) is 13.1 Å². The minimum Gasteiger partial charge on any atom is -0.336 e. The van der Waals surface area contributed by atoms with Crippen LogP contribution in [0.2, 0.25) is 0 Å². The van der Waals surface area contributed by atoms with Gasteiger partial charge in [0.25, 0.3) is 5.91 Å². The summed E-state index contributed by atoms with van der Waals surface area (Å²) in [6.07, 6.45) is 6.09.